The van der Waals surface area contributed by atoms with Gasteiger partial charge in [-0.2, -0.15) is 11.8 Å². The van der Waals surface area contributed by atoms with Gasteiger partial charge in [0, 0.05) is 5.25 Å². The van der Waals surface area contributed by atoms with Crippen LogP contribution in [0.4, 0.5) is 0 Å². The Kier molecular flexibility index (Phi) is 5.90. The zero-order valence-electron chi connectivity index (χ0n) is 7.31. The van der Waals surface area contributed by atoms with E-state index in [9.17, 15) is 0 Å². The quantitative estimate of drug-likeness (QED) is 0.552. The predicted octanol–water partition coefficient (Wildman–Crippen LogP) is 3.48. The van der Waals surface area contributed by atoms with E-state index in [1.807, 2.05) is 11.8 Å². The second kappa shape index (κ2) is 5.84. The first-order valence-electron chi connectivity index (χ1n) is 3.99. The summed E-state index contributed by atoms with van der Waals surface area (Å²) < 4.78 is 0. The lowest BCUT2D eigenvalue weighted by molar-refractivity contribution is 0.803. The Hall–Kier alpha value is 0.0900. The van der Waals surface area contributed by atoms with Crippen LogP contribution in [0, 0.1) is 0 Å². The van der Waals surface area contributed by atoms with Crippen LogP contribution in [0.3, 0.4) is 0 Å². The summed E-state index contributed by atoms with van der Waals surface area (Å²) in [4.78, 5) is 0. The van der Waals surface area contributed by atoms with Gasteiger partial charge in [0.15, 0.2) is 0 Å². The summed E-state index contributed by atoms with van der Waals surface area (Å²) in [5, 5.41) is 0.704. The molecule has 0 aromatic rings. The Morgan fingerprint density at radius 3 is 2.40 bits per heavy atom. The molecule has 0 saturated carbocycles. The summed E-state index contributed by atoms with van der Waals surface area (Å²) in [6, 6.07) is 0. The highest BCUT2D eigenvalue weighted by Crippen LogP contribution is 2.21. The molecule has 0 aliphatic rings. The molecular weight excluding hydrogens is 140 g/mol. The minimum atomic E-state index is 0.704. The summed E-state index contributed by atoms with van der Waals surface area (Å²) >= 11 is 2.01. The van der Waals surface area contributed by atoms with Crippen molar-refractivity contribution in [1.29, 1.82) is 0 Å². The first-order valence-corrected chi connectivity index (χ1v) is 5.04. The highest BCUT2D eigenvalue weighted by atomic mass is 32.2. The van der Waals surface area contributed by atoms with E-state index in [0.717, 1.165) is 0 Å². The van der Waals surface area contributed by atoms with Crippen LogP contribution in [-0.4, -0.2) is 11.0 Å². The molecule has 0 bridgehead atoms. The maximum atomic E-state index is 3.97. The molecule has 1 heteroatoms. The third kappa shape index (κ3) is 3.99. The topological polar surface area (TPSA) is 0 Å². The molecule has 60 valence electrons. The van der Waals surface area contributed by atoms with Crippen LogP contribution in [0.15, 0.2) is 12.2 Å². The normalized spacial score (nSPS) is 13.1. The van der Waals surface area contributed by atoms with Gasteiger partial charge in [-0.05, 0) is 19.1 Å². The molecule has 0 N–H and O–H groups in total. The fourth-order valence-corrected chi connectivity index (χ4v) is 2.02. The van der Waals surface area contributed by atoms with Gasteiger partial charge in [0.1, 0.15) is 0 Å². The van der Waals surface area contributed by atoms with Crippen LogP contribution in [0.25, 0.3) is 0 Å². The van der Waals surface area contributed by atoms with Crippen molar-refractivity contribution in [2.75, 3.05) is 5.75 Å². The van der Waals surface area contributed by atoms with Gasteiger partial charge in [-0.3, -0.25) is 0 Å². The van der Waals surface area contributed by atoms with E-state index in [-0.39, 0.29) is 0 Å². The lowest BCUT2D eigenvalue weighted by Gasteiger charge is -2.13. The molecule has 0 amide bonds. The lowest BCUT2D eigenvalue weighted by Crippen LogP contribution is -2.02. The standard InChI is InChI=1S/C9H18S/c1-5-7-9(8(3)4)10-6-2/h9H,3,5-7H2,1-2,4H3. The summed E-state index contributed by atoms with van der Waals surface area (Å²) in [5.41, 5.74) is 1.33. The van der Waals surface area contributed by atoms with E-state index in [2.05, 4.69) is 27.4 Å². The summed E-state index contributed by atoms with van der Waals surface area (Å²) in [5.74, 6) is 1.21. The average molecular weight is 158 g/mol. The smallest absolute Gasteiger partial charge is 0.0250 e. The zero-order valence-corrected chi connectivity index (χ0v) is 8.13. The largest absolute Gasteiger partial charge is 0.154 e. The molecule has 0 spiro atoms. The Morgan fingerprint density at radius 1 is 1.50 bits per heavy atom. The van der Waals surface area contributed by atoms with Crippen LogP contribution in [-0.2, 0) is 0 Å². The zero-order chi connectivity index (χ0) is 7.98. The highest BCUT2D eigenvalue weighted by Gasteiger charge is 2.05. The molecule has 1 unspecified atom stereocenters. The van der Waals surface area contributed by atoms with Gasteiger partial charge in [-0.25, -0.2) is 0 Å². The summed E-state index contributed by atoms with van der Waals surface area (Å²) in [7, 11) is 0. The number of hydrogen-bond donors (Lipinski definition) is 0. The molecule has 0 aliphatic heterocycles. The second-order valence-corrected chi connectivity index (χ2v) is 4.06. The SMILES string of the molecule is C=C(C)C(CCC)SCC. The van der Waals surface area contributed by atoms with Crippen molar-refractivity contribution in [2.24, 2.45) is 0 Å². The van der Waals surface area contributed by atoms with E-state index < -0.39 is 0 Å². The van der Waals surface area contributed by atoms with E-state index >= 15 is 0 Å². The van der Waals surface area contributed by atoms with Crippen molar-refractivity contribution in [3.05, 3.63) is 12.2 Å². The third-order valence-corrected chi connectivity index (χ3v) is 2.84. The van der Waals surface area contributed by atoms with Gasteiger partial charge in [-0.15, -0.1) is 0 Å². The van der Waals surface area contributed by atoms with Gasteiger partial charge in [0.25, 0.3) is 0 Å². The minimum absolute atomic E-state index is 0.704. The predicted molar refractivity (Wildman–Crippen MR) is 51.6 cm³/mol. The monoisotopic (exact) mass is 158 g/mol. The molecule has 10 heavy (non-hydrogen) atoms. The van der Waals surface area contributed by atoms with Crippen molar-refractivity contribution in [3.8, 4) is 0 Å². The van der Waals surface area contributed by atoms with E-state index in [1.54, 1.807) is 0 Å². The Labute approximate surface area is 69.1 Å². The molecule has 0 radical (unpaired) electrons. The van der Waals surface area contributed by atoms with Crippen LogP contribution in [0.2, 0.25) is 0 Å². The lowest BCUT2D eigenvalue weighted by atomic mass is 10.1. The van der Waals surface area contributed by atoms with Gasteiger partial charge in [-0.1, -0.05) is 32.4 Å². The maximum Gasteiger partial charge on any atom is 0.0250 e. The van der Waals surface area contributed by atoms with E-state index in [4.69, 9.17) is 0 Å². The first-order chi connectivity index (χ1) is 4.72. The van der Waals surface area contributed by atoms with Crippen molar-refractivity contribution in [3.63, 3.8) is 0 Å². The number of hydrogen-bond acceptors (Lipinski definition) is 1. The Bertz CT molecular complexity index is 90.9. The van der Waals surface area contributed by atoms with Crippen molar-refractivity contribution in [2.45, 2.75) is 38.9 Å². The Morgan fingerprint density at radius 2 is 2.10 bits per heavy atom. The molecule has 0 aromatic heterocycles. The van der Waals surface area contributed by atoms with Crippen LogP contribution < -0.4 is 0 Å². The highest BCUT2D eigenvalue weighted by molar-refractivity contribution is 8.00. The number of rotatable bonds is 5. The van der Waals surface area contributed by atoms with Crippen LogP contribution >= 0.6 is 11.8 Å². The van der Waals surface area contributed by atoms with Crippen LogP contribution in [0.1, 0.15) is 33.6 Å². The Balaban J connectivity index is 3.61. The molecule has 0 fully saturated rings. The second-order valence-electron chi connectivity index (χ2n) is 2.58. The maximum absolute atomic E-state index is 3.97. The molecule has 0 rings (SSSR count). The van der Waals surface area contributed by atoms with Gasteiger partial charge < -0.3 is 0 Å². The van der Waals surface area contributed by atoms with E-state index in [1.165, 1.54) is 24.2 Å². The van der Waals surface area contributed by atoms with Crippen LogP contribution in [0.5, 0.6) is 0 Å². The fourth-order valence-electron chi connectivity index (χ4n) is 0.935. The third-order valence-electron chi connectivity index (χ3n) is 1.47. The fraction of sp³-hybridized carbons (Fsp3) is 0.778. The van der Waals surface area contributed by atoms with Crippen molar-refractivity contribution in [1.82, 2.24) is 0 Å². The summed E-state index contributed by atoms with van der Waals surface area (Å²) in [6.07, 6.45) is 2.55. The molecular formula is C9H18S. The molecule has 1 atom stereocenters. The molecule has 0 nitrogen and oxygen atoms in total. The van der Waals surface area contributed by atoms with Crippen molar-refractivity contribution >= 4 is 11.8 Å². The summed E-state index contributed by atoms with van der Waals surface area (Å²) in [6.45, 7) is 10.5. The molecule has 0 aromatic carbocycles. The molecule has 0 aliphatic carbocycles. The number of thioether (sulfide) groups is 1. The van der Waals surface area contributed by atoms with Gasteiger partial charge >= 0.3 is 0 Å². The molecule has 0 heterocycles. The van der Waals surface area contributed by atoms with Gasteiger partial charge in [0.05, 0.1) is 0 Å². The first kappa shape index (κ1) is 10.1. The van der Waals surface area contributed by atoms with Crippen molar-refractivity contribution < 1.29 is 0 Å². The average Bonchev–Trinajstić information content (AvgIpc) is 1.87. The minimum Gasteiger partial charge on any atom is -0.154 e. The molecule has 0 saturated heterocycles. The van der Waals surface area contributed by atoms with Gasteiger partial charge in [0.2, 0.25) is 0 Å². The van der Waals surface area contributed by atoms with E-state index in [0.29, 0.717) is 5.25 Å².